The molecule has 6 nitrogen and oxygen atoms in total. The van der Waals surface area contributed by atoms with Crippen molar-refractivity contribution in [2.75, 3.05) is 6.61 Å². The lowest BCUT2D eigenvalue weighted by molar-refractivity contribution is -0.385. The topological polar surface area (TPSA) is 95.5 Å². The number of esters is 1. The molecule has 0 unspecified atom stereocenters. The average molecular weight is 256 g/mol. The normalized spacial score (nSPS) is 11.9. The minimum absolute atomic E-state index is 0.106. The summed E-state index contributed by atoms with van der Waals surface area (Å²) in [6.07, 6.45) is -0.194. The van der Waals surface area contributed by atoms with Gasteiger partial charge in [-0.05, 0) is 19.1 Å². The number of nitrogens with two attached hydrogens (primary N) is 1. The van der Waals surface area contributed by atoms with Crippen LogP contribution in [-0.4, -0.2) is 17.5 Å². The predicted octanol–water partition coefficient (Wildman–Crippen LogP) is 1.69. The lowest BCUT2D eigenvalue weighted by Gasteiger charge is -2.11. The van der Waals surface area contributed by atoms with E-state index in [1.165, 1.54) is 6.07 Å². The van der Waals surface area contributed by atoms with Crippen molar-refractivity contribution in [1.29, 1.82) is 0 Å². The van der Waals surface area contributed by atoms with E-state index < -0.39 is 28.4 Å². The highest BCUT2D eigenvalue weighted by atomic mass is 19.1. The SMILES string of the molecule is CCOC(=O)C[C@H](N)c1ccc(F)cc1[N+](=O)[O-]. The molecule has 0 radical (unpaired) electrons. The van der Waals surface area contributed by atoms with Gasteiger partial charge >= 0.3 is 5.97 Å². The summed E-state index contributed by atoms with van der Waals surface area (Å²) in [5.74, 6) is -1.28. The summed E-state index contributed by atoms with van der Waals surface area (Å²) in [7, 11) is 0. The van der Waals surface area contributed by atoms with Gasteiger partial charge in [-0.25, -0.2) is 4.39 Å². The number of carbonyl (C=O) groups is 1. The molecule has 1 aromatic rings. The molecule has 0 aliphatic heterocycles. The largest absolute Gasteiger partial charge is 0.466 e. The molecule has 0 saturated carbocycles. The molecule has 1 rings (SSSR count). The summed E-state index contributed by atoms with van der Waals surface area (Å²) in [5, 5.41) is 10.8. The number of carbonyl (C=O) groups excluding carboxylic acids is 1. The Morgan fingerprint density at radius 2 is 2.28 bits per heavy atom. The van der Waals surface area contributed by atoms with Crippen molar-refractivity contribution >= 4 is 11.7 Å². The number of hydrogen-bond acceptors (Lipinski definition) is 5. The highest BCUT2D eigenvalue weighted by Crippen LogP contribution is 2.26. The van der Waals surface area contributed by atoms with Crippen LogP contribution in [0, 0.1) is 15.9 Å². The fourth-order valence-corrected chi connectivity index (χ4v) is 1.50. The van der Waals surface area contributed by atoms with Crippen LogP contribution in [0.25, 0.3) is 0 Å². The van der Waals surface area contributed by atoms with E-state index in [0.29, 0.717) is 0 Å². The minimum atomic E-state index is -0.898. The monoisotopic (exact) mass is 256 g/mol. The summed E-state index contributed by atoms with van der Waals surface area (Å²) in [5.41, 5.74) is 5.35. The summed E-state index contributed by atoms with van der Waals surface area (Å²) < 4.78 is 17.6. The van der Waals surface area contributed by atoms with Crippen LogP contribution in [0.3, 0.4) is 0 Å². The van der Waals surface area contributed by atoms with Gasteiger partial charge in [0.2, 0.25) is 0 Å². The van der Waals surface area contributed by atoms with Crippen LogP contribution in [0.15, 0.2) is 18.2 Å². The molecule has 0 aliphatic rings. The molecule has 0 fully saturated rings. The van der Waals surface area contributed by atoms with Crippen molar-refractivity contribution in [3.05, 3.63) is 39.7 Å². The van der Waals surface area contributed by atoms with E-state index in [4.69, 9.17) is 10.5 Å². The molecule has 0 aromatic heterocycles. The van der Waals surface area contributed by atoms with Crippen molar-refractivity contribution < 1.29 is 18.8 Å². The Morgan fingerprint density at radius 3 is 2.83 bits per heavy atom. The fourth-order valence-electron chi connectivity index (χ4n) is 1.50. The maximum absolute atomic E-state index is 12.9. The maximum atomic E-state index is 12.9. The molecule has 1 aromatic carbocycles. The Balaban J connectivity index is 2.94. The van der Waals surface area contributed by atoms with Crippen LogP contribution in [0.5, 0.6) is 0 Å². The van der Waals surface area contributed by atoms with Crippen molar-refractivity contribution in [3.8, 4) is 0 Å². The first-order valence-electron chi connectivity index (χ1n) is 5.30. The van der Waals surface area contributed by atoms with Crippen LogP contribution in [-0.2, 0) is 9.53 Å². The molecule has 18 heavy (non-hydrogen) atoms. The summed E-state index contributed by atoms with van der Waals surface area (Å²) in [4.78, 5) is 21.3. The molecular weight excluding hydrogens is 243 g/mol. The van der Waals surface area contributed by atoms with Crippen LogP contribution in [0.4, 0.5) is 10.1 Å². The maximum Gasteiger partial charge on any atom is 0.307 e. The molecule has 0 amide bonds. The average Bonchev–Trinajstić information content (AvgIpc) is 2.28. The first-order valence-corrected chi connectivity index (χ1v) is 5.30. The number of nitrogens with zero attached hydrogens (tertiary/aromatic N) is 1. The number of hydrogen-bond donors (Lipinski definition) is 1. The van der Waals surface area contributed by atoms with Crippen molar-refractivity contribution in [1.82, 2.24) is 0 Å². The highest BCUT2D eigenvalue weighted by Gasteiger charge is 2.22. The van der Waals surface area contributed by atoms with Gasteiger partial charge in [-0.3, -0.25) is 14.9 Å². The van der Waals surface area contributed by atoms with Gasteiger partial charge in [-0.1, -0.05) is 0 Å². The Kier molecular flexibility index (Phi) is 4.73. The molecule has 0 heterocycles. The van der Waals surface area contributed by atoms with Crippen LogP contribution < -0.4 is 5.73 Å². The third-order valence-electron chi connectivity index (χ3n) is 2.28. The van der Waals surface area contributed by atoms with E-state index in [0.717, 1.165) is 12.1 Å². The number of halogens is 1. The van der Waals surface area contributed by atoms with Crippen molar-refractivity contribution in [3.63, 3.8) is 0 Å². The van der Waals surface area contributed by atoms with Crippen molar-refractivity contribution in [2.45, 2.75) is 19.4 Å². The van der Waals surface area contributed by atoms with E-state index in [1.54, 1.807) is 6.92 Å². The van der Waals surface area contributed by atoms with E-state index >= 15 is 0 Å². The van der Waals surface area contributed by atoms with E-state index in [9.17, 15) is 19.3 Å². The Hall–Kier alpha value is -2.02. The van der Waals surface area contributed by atoms with Gasteiger partial charge in [0.1, 0.15) is 5.82 Å². The minimum Gasteiger partial charge on any atom is -0.466 e. The van der Waals surface area contributed by atoms with Gasteiger partial charge < -0.3 is 10.5 Å². The first kappa shape index (κ1) is 14.0. The second kappa shape index (κ2) is 6.06. The van der Waals surface area contributed by atoms with Crippen molar-refractivity contribution in [2.24, 2.45) is 5.73 Å². The Morgan fingerprint density at radius 1 is 1.61 bits per heavy atom. The third-order valence-corrected chi connectivity index (χ3v) is 2.28. The summed E-state index contributed by atoms with van der Waals surface area (Å²) >= 11 is 0. The van der Waals surface area contributed by atoms with Gasteiger partial charge in [-0.2, -0.15) is 0 Å². The number of nitro groups is 1. The zero-order chi connectivity index (χ0) is 13.7. The van der Waals surface area contributed by atoms with E-state index in [2.05, 4.69) is 0 Å². The quantitative estimate of drug-likeness (QED) is 0.491. The third kappa shape index (κ3) is 3.49. The molecule has 0 bridgehead atoms. The number of ether oxygens (including phenoxy) is 1. The zero-order valence-corrected chi connectivity index (χ0v) is 9.76. The molecule has 0 aliphatic carbocycles. The Labute approximate surface area is 103 Å². The van der Waals surface area contributed by atoms with Gasteiger partial charge in [-0.15, -0.1) is 0 Å². The smallest absolute Gasteiger partial charge is 0.307 e. The Bertz CT molecular complexity index is 464. The fraction of sp³-hybridized carbons (Fsp3) is 0.364. The molecule has 0 spiro atoms. The lowest BCUT2D eigenvalue weighted by atomic mass is 10.0. The van der Waals surface area contributed by atoms with Gasteiger partial charge in [0.25, 0.3) is 5.69 Å². The molecule has 1 atom stereocenters. The van der Waals surface area contributed by atoms with E-state index in [-0.39, 0.29) is 18.6 Å². The number of nitro benzene ring substituents is 1. The lowest BCUT2D eigenvalue weighted by Crippen LogP contribution is -2.18. The molecular formula is C11H13FN2O4. The first-order chi connectivity index (χ1) is 8.45. The number of rotatable bonds is 5. The van der Waals surface area contributed by atoms with E-state index in [1.807, 2.05) is 0 Å². The molecule has 0 saturated heterocycles. The van der Waals surface area contributed by atoms with Crippen LogP contribution in [0.1, 0.15) is 24.9 Å². The molecule has 7 heteroatoms. The highest BCUT2D eigenvalue weighted by molar-refractivity contribution is 5.70. The second-order valence-electron chi connectivity index (χ2n) is 3.58. The van der Waals surface area contributed by atoms with Gasteiger partial charge in [0.15, 0.2) is 0 Å². The van der Waals surface area contributed by atoms with Crippen LogP contribution in [0.2, 0.25) is 0 Å². The summed E-state index contributed by atoms with van der Waals surface area (Å²) in [6.45, 7) is 1.85. The zero-order valence-electron chi connectivity index (χ0n) is 9.76. The summed E-state index contributed by atoms with van der Waals surface area (Å²) in [6, 6.07) is 2.15. The second-order valence-corrected chi connectivity index (χ2v) is 3.58. The number of benzene rings is 1. The molecule has 2 N–H and O–H groups in total. The van der Waals surface area contributed by atoms with Gasteiger partial charge in [0.05, 0.1) is 24.0 Å². The van der Waals surface area contributed by atoms with Crippen LogP contribution >= 0.6 is 0 Å². The molecule has 98 valence electrons. The van der Waals surface area contributed by atoms with Gasteiger partial charge in [0, 0.05) is 11.6 Å². The predicted molar refractivity (Wildman–Crippen MR) is 61.2 cm³/mol. The standard InChI is InChI=1S/C11H13FN2O4/c1-2-18-11(15)6-9(13)8-4-3-7(12)5-10(8)14(16)17/h3-5,9H,2,6,13H2,1H3/t9-/m0/s1.